The van der Waals surface area contributed by atoms with Crippen LogP contribution in [-0.4, -0.2) is 36.6 Å². The standard InChI is InChI=1S/C15H19FN2O2S/c1-21(19,20)18-7-2-3-12(11-18)10-17-8-6-13-9-14(16)4-5-15(13)17/h4-6,8-9,12H,2-3,7,10-11H2,1H3. The van der Waals surface area contributed by atoms with Crippen LogP contribution in [0.3, 0.4) is 0 Å². The Morgan fingerprint density at radius 3 is 2.90 bits per heavy atom. The van der Waals surface area contributed by atoms with E-state index in [2.05, 4.69) is 4.57 Å². The normalized spacial score (nSPS) is 21.0. The summed E-state index contributed by atoms with van der Waals surface area (Å²) < 4.78 is 40.2. The monoisotopic (exact) mass is 310 g/mol. The van der Waals surface area contributed by atoms with Crippen LogP contribution in [0.15, 0.2) is 30.5 Å². The van der Waals surface area contributed by atoms with E-state index >= 15 is 0 Å². The summed E-state index contributed by atoms with van der Waals surface area (Å²) in [6, 6.07) is 6.66. The van der Waals surface area contributed by atoms with Crippen molar-refractivity contribution in [2.45, 2.75) is 19.4 Å². The van der Waals surface area contributed by atoms with Gasteiger partial charge < -0.3 is 4.57 Å². The van der Waals surface area contributed by atoms with Gasteiger partial charge in [-0.3, -0.25) is 0 Å². The van der Waals surface area contributed by atoms with E-state index in [0.29, 0.717) is 19.0 Å². The Hall–Kier alpha value is -1.40. The second-order valence-corrected chi connectivity index (χ2v) is 7.78. The van der Waals surface area contributed by atoms with Gasteiger partial charge in [0.05, 0.1) is 6.26 Å². The fourth-order valence-corrected chi connectivity index (χ4v) is 4.03. The van der Waals surface area contributed by atoms with Crippen molar-refractivity contribution in [3.8, 4) is 0 Å². The van der Waals surface area contributed by atoms with Crippen LogP contribution in [0, 0.1) is 11.7 Å². The van der Waals surface area contributed by atoms with Crippen molar-refractivity contribution in [3.05, 3.63) is 36.3 Å². The lowest BCUT2D eigenvalue weighted by Crippen LogP contribution is -2.40. The number of fused-ring (bicyclic) bond motifs is 1. The predicted molar refractivity (Wildman–Crippen MR) is 81.0 cm³/mol. The lowest BCUT2D eigenvalue weighted by atomic mass is 9.99. The minimum Gasteiger partial charge on any atom is -0.347 e. The maximum atomic E-state index is 13.2. The summed E-state index contributed by atoms with van der Waals surface area (Å²) >= 11 is 0. The molecule has 0 radical (unpaired) electrons. The molecule has 4 nitrogen and oxygen atoms in total. The molecular weight excluding hydrogens is 291 g/mol. The Balaban J connectivity index is 1.79. The molecule has 0 saturated carbocycles. The van der Waals surface area contributed by atoms with Crippen molar-refractivity contribution in [2.24, 2.45) is 5.92 Å². The average Bonchev–Trinajstić information content (AvgIpc) is 2.80. The maximum Gasteiger partial charge on any atom is 0.211 e. The Bertz CT molecular complexity index is 754. The Morgan fingerprint density at radius 2 is 2.14 bits per heavy atom. The molecule has 1 fully saturated rings. The number of benzene rings is 1. The lowest BCUT2D eigenvalue weighted by Gasteiger charge is -2.31. The molecular formula is C15H19FN2O2S. The van der Waals surface area contributed by atoms with Crippen LogP contribution in [0.4, 0.5) is 4.39 Å². The summed E-state index contributed by atoms with van der Waals surface area (Å²) in [6.45, 7) is 1.95. The second-order valence-electron chi connectivity index (χ2n) is 5.80. The first-order valence-electron chi connectivity index (χ1n) is 7.13. The van der Waals surface area contributed by atoms with Crippen molar-refractivity contribution in [1.29, 1.82) is 0 Å². The molecule has 1 aliphatic heterocycles. The second kappa shape index (κ2) is 5.42. The van der Waals surface area contributed by atoms with Crippen LogP contribution < -0.4 is 0 Å². The van der Waals surface area contributed by atoms with E-state index in [1.807, 2.05) is 12.3 Å². The lowest BCUT2D eigenvalue weighted by molar-refractivity contribution is 0.248. The van der Waals surface area contributed by atoms with Crippen LogP contribution >= 0.6 is 0 Å². The molecule has 0 aliphatic carbocycles. The molecule has 1 aliphatic rings. The van der Waals surface area contributed by atoms with E-state index in [9.17, 15) is 12.8 Å². The highest BCUT2D eigenvalue weighted by molar-refractivity contribution is 7.88. The van der Waals surface area contributed by atoms with Crippen molar-refractivity contribution >= 4 is 20.9 Å². The van der Waals surface area contributed by atoms with Gasteiger partial charge >= 0.3 is 0 Å². The van der Waals surface area contributed by atoms with Crippen LogP contribution in [-0.2, 0) is 16.6 Å². The van der Waals surface area contributed by atoms with E-state index in [1.54, 1.807) is 10.4 Å². The summed E-state index contributed by atoms with van der Waals surface area (Å²) in [6.07, 6.45) is 5.13. The van der Waals surface area contributed by atoms with Gasteiger partial charge in [-0.05, 0) is 43.0 Å². The number of rotatable bonds is 3. The van der Waals surface area contributed by atoms with Gasteiger partial charge in [0.25, 0.3) is 0 Å². The quantitative estimate of drug-likeness (QED) is 0.874. The number of hydrogen-bond donors (Lipinski definition) is 0. The zero-order valence-electron chi connectivity index (χ0n) is 12.0. The van der Waals surface area contributed by atoms with E-state index in [0.717, 1.165) is 30.3 Å². The molecule has 1 atom stereocenters. The topological polar surface area (TPSA) is 42.3 Å². The first-order valence-corrected chi connectivity index (χ1v) is 8.98. The Morgan fingerprint density at radius 1 is 1.33 bits per heavy atom. The molecule has 2 aromatic rings. The molecule has 1 unspecified atom stereocenters. The molecule has 1 saturated heterocycles. The van der Waals surface area contributed by atoms with Gasteiger partial charge in [-0.25, -0.2) is 17.1 Å². The molecule has 6 heteroatoms. The first kappa shape index (κ1) is 14.5. The molecule has 114 valence electrons. The predicted octanol–water partition coefficient (Wildman–Crippen LogP) is 2.45. The van der Waals surface area contributed by atoms with Crippen molar-refractivity contribution in [2.75, 3.05) is 19.3 Å². The van der Waals surface area contributed by atoms with Gasteiger partial charge in [-0.15, -0.1) is 0 Å². The fraction of sp³-hybridized carbons (Fsp3) is 0.467. The SMILES string of the molecule is CS(=O)(=O)N1CCCC(Cn2ccc3cc(F)ccc32)C1. The van der Waals surface area contributed by atoms with Crippen LogP contribution in [0.25, 0.3) is 10.9 Å². The van der Waals surface area contributed by atoms with E-state index < -0.39 is 10.0 Å². The zero-order valence-corrected chi connectivity index (χ0v) is 12.8. The van der Waals surface area contributed by atoms with E-state index in [1.165, 1.54) is 18.4 Å². The first-order chi connectivity index (χ1) is 9.93. The highest BCUT2D eigenvalue weighted by Crippen LogP contribution is 2.23. The third kappa shape index (κ3) is 3.11. The Kier molecular flexibility index (Phi) is 3.75. The van der Waals surface area contributed by atoms with Gasteiger partial charge in [0.15, 0.2) is 0 Å². The minimum atomic E-state index is -3.11. The molecule has 0 spiro atoms. The minimum absolute atomic E-state index is 0.235. The molecule has 1 aromatic carbocycles. The summed E-state index contributed by atoms with van der Waals surface area (Å²) in [5, 5.41) is 0.880. The number of piperidine rings is 1. The number of halogens is 1. The summed E-state index contributed by atoms with van der Waals surface area (Å²) in [5.41, 5.74) is 0.993. The van der Waals surface area contributed by atoms with Crippen LogP contribution in [0.2, 0.25) is 0 Å². The van der Waals surface area contributed by atoms with Gasteiger partial charge in [0.2, 0.25) is 10.0 Å². The van der Waals surface area contributed by atoms with Gasteiger partial charge in [0.1, 0.15) is 5.82 Å². The van der Waals surface area contributed by atoms with Gasteiger partial charge in [-0.1, -0.05) is 0 Å². The molecule has 3 rings (SSSR count). The Labute approximate surface area is 124 Å². The number of sulfonamides is 1. The smallest absolute Gasteiger partial charge is 0.211 e. The highest BCUT2D eigenvalue weighted by atomic mass is 32.2. The number of aromatic nitrogens is 1. The van der Waals surface area contributed by atoms with Crippen molar-refractivity contribution < 1.29 is 12.8 Å². The van der Waals surface area contributed by atoms with Crippen molar-refractivity contribution in [1.82, 2.24) is 8.87 Å². The van der Waals surface area contributed by atoms with Crippen LogP contribution in [0.1, 0.15) is 12.8 Å². The number of hydrogen-bond acceptors (Lipinski definition) is 2. The van der Waals surface area contributed by atoms with Crippen molar-refractivity contribution in [3.63, 3.8) is 0 Å². The summed E-state index contributed by atoms with van der Waals surface area (Å²) in [4.78, 5) is 0. The molecule has 1 aromatic heterocycles. The maximum absolute atomic E-state index is 13.2. The van der Waals surface area contributed by atoms with Gasteiger partial charge in [0, 0.05) is 36.7 Å². The molecule has 0 N–H and O–H groups in total. The number of nitrogens with zero attached hydrogens (tertiary/aromatic N) is 2. The fourth-order valence-electron chi connectivity index (χ4n) is 3.09. The molecule has 0 bridgehead atoms. The molecule has 2 heterocycles. The van der Waals surface area contributed by atoms with E-state index in [4.69, 9.17) is 0 Å². The van der Waals surface area contributed by atoms with Gasteiger partial charge in [-0.2, -0.15) is 0 Å². The third-order valence-corrected chi connectivity index (χ3v) is 5.41. The zero-order chi connectivity index (χ0) is 15.0. The van der Waals surface area contributed by atoms with E-state index in [-0.39, 0.29) is 5.82 Å². The third-order valence-electron chi connectivity index (χ3n) is 4.14. The molecule has 21 heavy (non-hydrogen) atoms. The summed E-state index contributed by atoms with van der Waals surface area (Å²) in [5.74, 6) is 0.0651. The van der Waals surface area contributed by atoms with Crippen LogP contribution in [0.5, 0.6) is 0 Å². The largest absolute Gasteiger partial charge is 0.347 e. The molecule has 0 amide bonds. The average molecular weight is 310 g/mol. The summed E-state index contributed by atoms with van der Waals surface area (Å²) in [7, 11) is -3.11. The highest BCUT2D eigenvalue weighted by Gasteiger charge is 2.26.